The van der Waals surface area contributed by atoms with Crippen LogP contribution < -0.4 is 15.6 Å². The number of aromatic nitrogens is 3. The molecule has 1 aliphatic heterocycles. The number of methoxy groups -OCH3 is 1. The van der Waals surface area contributed by atoms with Crippen LogP contribution in [0.25, 0.3) is 0 Å². The molecule has 4 rings (SSSR count). The zero-order valence-electron chi connectivity index (χ0n) is 18.5. The van der Waals surface area contributed by atoms with Crippen LogP contribution in [0.4, 0.5) is 0 Å². The summed E-state index contributed by atoms with van der Waals surface area (Å²) in [5, 5.41) is 2.98. The SMILES string of the molecule is COc1cc(=O)n2c(c1C(=O)NCCCn1ccnc1)CCN(Cc1ccc(C)o1)CC2. The fourth-order valence-electron chi connectivity index (χ4n) is 4.12. The summed E-state index contributed by atoms with van der Waals surface area (Å²) in [6.45, 7) is 5.81. The van der Waals surface area contributed by atoms with Gasteiger partial charge in [-0.15, -0.1) is 0 Å². The van der Waals surface area contributed by atoms with Gasteiger partial charge in [0.1, 0.15) is 22.8 Å². The molecule has 32 heavy (non-hydrogen) atoms. The third-order valence-electron chi connectivity index (χ3n) is 5.75. The molecule has 9 heteroatoms. The second kappa shape index (κ2) is 9.86. The number of hydrogen-bond donors (Lipinski definition) is 1. The van der Waals surface area contributed by atoms with Gasteiger partial charge in [-0.1, -0.05) is 0 Å². The van der Waals surface area contributed by atoms with E-state index >= 15 is 0 Å². The molecule has 1 N–H and O–H groups in total. The smallest absolute Gasteiger partial charge is 0.256 e. The summed E-state index contributed by atoms with van der Waals surface area (Å²) >= 11 is 0. The van der Waals surface area contributed by atoms with Crippen molar-refractivity contribution in [2.45, 2.75) is 39.4 Å². The lowest BCUT2D eigenvalue weighted by atomic mass is 10.1. The largest absolute Gasteiger partial charge is 0.496 e. The van der Waals surface area contributed by atoms with Crippen LogP contribution in [-0.2, 0) is 26.1 Å². The molecule has 1 aliphatic rings. The fourth-order valence-corrected chi connectivity index (χ4v) is 4.12. The van der Waals surface area contributed by atoms with E-state index in [2.05, 4.69) is 15.2 Å². The molecule has 0 aromatic carbocycles. The summed E-state index contributed by atoms with van der Waals surface area (Å²) in [6.07, 6.45) is 6.73. The van der Waals surface area contributed by atoms with Gasteiger partial charge in [-0.05, 0) is 25.5 Å². The second-order valence-electron chi connectivity index (χ2n) is 7.97. The number of amides is 1. The number of nitrogens with zero attached hydrogens (tertiary/aromatic N) is 4. The minimum Gasteiger partial charge on any atom is -0.496 e. The third-order valence-corrected chi connectivity index (χ3v) is 5.75. The van der Waals surface area contributed by atoms with Crippen LogP contribution in [0.5, 0.6) is 5.75 Å². The highest BCUT2D eigenvalue weighted by atomic mass is 16.5. The van der Waals surface area contributed by atoms with E-state index in [9.17, 15) is 9.59 Å². The van der Waals surface area contributed by atoms with Crippen LogP contribution in [0.2, 0.25) is 0 Å². The molecule has 4 heterocycles. The van der Waals surface area contributed by atoms with Gasteiger partial charge in [0.2, 0.25) is 0 Å². The highest BCUT2D eigenvalue weighted by Crippen LogP contribution is 2.23. The molecule has 1 amide bonds. The number of carbonyl (C=O) groups excluding carboxylic acids is 1. The number of pyridine rings is 1. The van der Waals surface area contributed by atoms with Gasteiger partial charge in [0.25, 0.3) is 11.5 Å². The Balaban J connectivity index is 1.48. The summed E-state index contributed by atoms with van der Waals surface area (Å²) in [5.41, 5.74) is 1.02. The number of fused-ring (bicyclic) bond motifs is 1. The van der Waals surface area contributed by atoms with Gasteiger partial charge >= 0.3 is 0 Å². The van der Waals surface area contributed by atoms with E-state index < -0.39 is 0 Å². The van der Waals surface area contributed by atoms with Crippen LogP contribution in [0.1, 0.15) is 34.0 Å². The average molecular weight is 440 g/mol. The van der Waals surface area contributed by atoms with E-state index in [1.54, 1.807) is 17.1 Å². The van der Waals surface area contributed by atoms with Crippen LogP contribution >= 0.6 is 0 Å². The Bertz CT molecular complexity index is 1120. The Labute approximate surface area is 186 Å². The maximum atomic E-state index is 13.1. The van der Waals surface area contributed by atoms with Gasteiger partial charge in [-0.3, -0.25) is 14.5 Å². The predicted molar refractivity (Wildman–Crippen MR) is 119 cm³/mol. The Morgan fingerprint density at radius 1 is 1.28 bits per heavy atom. The first kappa shape index (κ1) is 21.9. The summed E-state index contributed by atoms with van der Waals surface area (Å²) in [6, 6.07) is 5.34. The minimum absolute atomic E-state index is 0.149. The van der Waals surface area contributed by atoms with Crippen LogP contribution in [-0.4, -0.2) is 51.7 Å². The van der Waals surface area contributed by atoms with E-state index in [1.165, 1.54) is 13.2 Å². The van der Waals surface area contributed by atoms with Crippen molar-refractivity contribution < 1.29 is 13.9 Å². The van der Waals surface area contributed by atoms with E-state index in [-0.39, 0.29) is 11.5 Å². The number of furan rings is 1. The Kier molecular flexibility index (Phi) is 6.75. The number of imidazole rings is 1. The van der Waals surface area contributed by atoms with Crippen molar-refractivity contribution >= 4 is 5.91 Å². The van der Waals surface area contributed by atoms with Crippen LogP contribution in [0.15, 0.2) is 46.1 Å². The fraction of sp³-hybridized carbons (Fsp3) is 0.435. The molecular formula is C23H29N5O4. The predicted octanol–water partition coefficient (Wildman–Crippen LogP) is 1.83. The van der Waals surface area contributed by atoms with Crippen molar-refractivity contribution in [3.05, 3.63) is 70.1 Å². The molecule has 0 aliphatic carbocycles. The molecule has 9 nitrogen and oxygen atoms in total. The maximum absolute atomic E-state index is 13.1. The lowest BCUT2D eigenvalue weighted by Crippen LogP contribution is -2.32. The van der Waals surface area contributed by atoms with Crippen LogP contribution in [0.3, 0.4) is 0 Å². The Morgan fingerprint density at radius 3 is 2.88 bits per heavy atom. The van der Waals surface area contributed by atoms with E-state index in [4.69, 9.17) is 9.15 Å². The minimum atomic E-state index is -0.216. The first-order valence-electron chi connectivity index (χ1n) is 10.9. The van der Waals surface area contributed by atoms with Gasteiger partial charge < -0.3 is 23.6 Å². The van der Waals surface area contributed by atoms with E-state index in [0.717, 1.165) is 30.2 Å². The van der Waals surface area contributed by atoms with Crippen LogP contribution in [0, 0.1) is 6.92 Å². The second-order valence-corrected chi connectivity index (χ2v) is 7.97. The molecule has 170 valence electrons. The Hall–Kier alpha value is -3.33. The number of nitrogens with one attached hydrogen (secondary N) is 1. The first-order valence-corrected chi connectivity index (χ1v) is 10.9. The van der Waals surface area contributed by atoms with Gasteiger partial charge in [0.05, 0.1) is 20.0 Å². The topological polar surface area (TPSA) is 94.5 Å². The molecule has 0 radical (unpaired) electrons. The summed E-state index contributed by atoms with van der Waals surface area (Å²) in [7, 11) is 1.49. The lowest BCUT2D eigenvalue weighted by molar-refractivity contribution is 0.0947. The van der Waals surface area contributed by atoms with Gasteiger partial charge in [-0.2, -0.15) is 0 Å². The summed E-state index contributed by atoms with van der Waals surface area (Å²) in [4.78, 5) is 32.1. The molecule has 0 bridgehead atoms. The number of aryl methyl sites for hydroxylation is 2. The third kappa shape index (κ3) is 4.94. The Morgan fingerprint density at radius 2 is 2.16 bits per heavy atom. The molecule has 0 fully saturated rings. The van der Waals surface area contributed by atoms with Crippen molar-refractivity contribution in [3.63, 3.8) is 0 Å². The van der Waals surface area contributed by atoms with Crippen molar-refractivity contribution in [2.75, 3.05) is 26.7 Å². The average Bonchev–Trinajstić information content (AvgIpc) is 3.39. The lowest BCUT2D eigenvalue weighted by Gasteiger charge is -2.17. The number of rotatable bonds is 8. The van der Waals surface area contributed by atoms with Crippen molar-refractivity contribution in [3.8, 4) is 5.75 Å². The monoisotopic (exact) mass is 439 g/mol. The number of hydrogen-bond acceptors (Lipinski definition) is 6. The molecule has 0 atom stereocenters. The van der Waals surface area contributed by atoms with Gasteiger partial charge in [-0.25, -0.2) is 4.98 Å². The van der Waals surface area contributed by atoms with Gasteiger partial charge in [0, 0.05) is 63.3 Å². The van der Waals surface area contributed by atoms with Crippen molar-refractivity contribution in [1.82, 2.24) is 24.3 Å². The summed E-state index contributed by atoms with van der Waals surface area (Å²) < 4.78 is 14.8. The van der Waals surface area contributed by atoms with Gasteiger partial charge in [0.15, 0.2) is 0 Å². The quantitative estimate of drug-likeness (QED) is 0.538. The molecule has 3 aromatic heterocycles. The molecule has 0 saturated heterocycles. The highest BCUT2D eigenvalue weighted by molar-refractivity contribution is 5.98. The van der Waals surface area contributed by atoms with Crippen molar-refractivity contribution in [2.24, 2.45) is 0 Å². The highest BCUT2D eigenvalue weighted by Gasteiger charge is 2.25. The zero-order valence-corrected chi connectivity index (χ0v) is 18.5. The van der Waals surface area contributed by atoms with E-state index in [1.807, 2.05) is 29.8 Å². The zero-order chi connectivity index (χ0) is 22.5. The standard InChI is InChI=1S/C23H29N5O4/c1-17-4-5-18(32-17)15-26-10-6-19-22(20(31-2)14-21(29)28(19)13-12-26)23(30)25-7-3-9-27-11-8-24-16-27/h4-5,8,11,14,16H,3,6-7,9-10,12-13,15H2,1-2H3,(H,25,30). The first-order chi connectivity index (χ1) is 15.5. The maximum Gasteiger partial charge on any atom is 0.256 e. The van der Waals surface area contributed by atoms with Crippen molar-refractivity contribution in [1.29, 1.82) is 0 Å². The molecule has 3 aromatic rings. The number of ether oxygens (including phenoxy) is 1. The normalized spacial score (nSPS) is 14.1. The molecule has 0 spiro atoms. The molecular weight excluding hydrogens is 410 g/mol. The number of carbonyl (C=O) groups is 1. The molecule has 0 saturated carbocycles. The summed E-state index contributed by atoms with van der Waals surface area (Å²) in [5.74, 6) is 1.88. The molecule has 0 unspecified atom stereocenters. The van der Waals surface area contributed by atoms with E-state index in [0.29, 0.717) is 50.5 Å².